The maximum Gasteiger partial charge on any atom is 0.169 e. The Labute approximate surface area is 71.8 Å². The van der Waals surface area contributed by atoms with Gasteiger partial charge in [0, 0.05) is 12.5 Å². The minimum atomic E-state index is 0.625. The van der Waals surface area contributed by atoms with Gasteiger partial charge in [-0.15, -0.1) is 5.10 Å². The summed E-state index contributed by atoms with van der Waals surface area (Å²) in [6.07, 6.45) is 3.81. The summed E-state index contributed by atoms with van der Waals surface area (Å²) >= 11 is 0. The second-order valence-electron chi connectivity index (χ2n) is 3.30. The number of nitrogens with two attached hydrogens (primary N) is 1. The first-order valence-electron chi connectivity index (χ1n) is 4.51. The molecular formula is C8H14N4. The van der Waals surface area contributed by atoms with Gasteiger partial charge < -0.3 is 5.73 Å². The van der Waals surface area contributed by atoms with Crippen LogP contribution in [0.2, 0.25) is 0 Å². The quantitative estimate of drug-likeness (QED) is 0.717. The molecule has 1 fully saturated rings. The van der Waals surface area contributed by atoms with Gasteiger partial charge in [0.25, 0.3) is 0 Å². The SMILES string of the molecule is CCn1nnc(N)c1C1CCC1. The summed E-state index contributed by atoms with van der Waals surface area (Å²) in [7, 11) is 0. The van der Waals surface area contributed by atoms with E-state index in [9.17, 15) is 0 Å². The van der Waals surface area contributed by atoms with Crippen molar-refractivity contribution in [3.05, 3.63) is 5.69 Å². The lowest BCUT2D eigenvalue weighted by Crippen LogP contribution is -2.15. The van der Waals surface area contributed by atoms with E-state index in [1.54, 1.807) is 0 Å². The van der Waals surface area contributed by atoms with Gasteiger partial charge >= 0.3 is 0 Å². The van der Waals surface area contributed by atoms with Gasteiger partial charge in [0.15, 0.2) is 5.82 Å². The number of aromatic nitrogens is 3. The van der Waals surface area contributed by atoms with E-state index >= 15 is 0 Å². The van der Waals surface area contributed by atoms with E-state index < -0.39 is 0 Å². The highest BCUT2D eigenvalue weighted by Gasteiger charge is 2.25. The number of hydrogen-bond acceptors (Lipinski definition) is 3. The van der Waals surface area contributed by atoms with Crippen LogP contribution in [0.15, 0.2) is 0 Å². The highest BCUT2D eigenvalue weighted by molar-refractivity contribution is 5.36. The van der Waals surface area contributed by atoms with E-state index in [0.29, 0.717) is 11.7 Å². The Balaban J connectivity index is 2.31. The Morgan fingerprint density at radius 3 is 2.83 bits per heavy atom. The van der Waals surface area contributed by atoms with Crippen LogP contribution >= 0.6 is 0 Å². The molecule has 0 atom stereocenters. The molecule has 0 saturated heterocycles. The van der Waals surface area contributed by atoms with Crippen molar-refractivity contribution in [1.29, 1.82) is 0 Å². The minimum absolute atomic E-state index is 0.625. The fourth-order valence-electron chi connectivity index (χ4n) is 1.67. The van der Waals surface area contributed by atoms with E-state index in [4.69, 9.17) is 5.73 Å². The van der Waals surface area contributed by atoms with Gasteiger partial charge in [0.2, 0.25) is 0 Å². The Morgan fingerprint density at radius 1 is 1.58 bits per heavy atom. The van der Waals surface area contributed by atoms with Gasteiger partial charge in [0.05, 0.1) is 5.69 Å². The molecule has 0 aliphatic heterocycles. The van der Waals surface area contributed by atoms with Crippen LogP contribution < -0.4 is 5.73 Å². The van der Waals surface area contributed by atoms with Crippen LogP contribution in [0.5, 0.6) is 0 Å². The summed E-state index contributed by atoms with van der Waals surface area (Å²) in [4.78, 5) is 0. The summed E-state index contributed by atoms with van der Waals surface area (Å²) in [6.45, 7) is 2.94. The lowest BCUT2D eigenvalue weighted by atomic mass is 9.83. The van der Waals surface area contributed by atoms with Crippen molar-refractivity contribution in [1.82, 2.24) is 15.0 Å². The number of anilines is 1. The van der Waals surface area contributed by atoms with Crippen LogP contribution in [0.25, 0.3) is 0 Å². The molecule has 1 aliphatic carbocycles. The maximum atomic E-state index is 5.73. The Bertz CT molecular complexity index is 275. The number of hydrogen-bond donors (Lipinski definition) is 1. The van der Waals surface area contributed by atoms with Gasteiger partial charge in [-0.25, -0.2) is 4.68 Å². The fourth-order valence-corrected chi connectivity index (χ4v) is 1.67. The second-order valence-corrected chi connectivity index (χ2v) is 3.30. The van der Waals surface area contributed by atoms with E-state index in [-0.39, 0.29) is 0 Å². The third-order valence-corrected chi connectivity index (χ3v) is 2.59. The Morgan fingerprint density at radius 2 is 2.33 bits per heavy atom. The molecule has 2 rings (SSSR count). The van der Waals surface area contributed by atoms with Crippen LogP contribution in [0.3, 0.4) is 0 Å². The molecule has 12 heavy (non-hydrogen) atoms. The van der Waals surface area contributed by atoms with Crippen LogP contribution in [-0.2, 0) is 6.54 Å². The van der Waals surface area contributed by atoms with Crippen LogP contribution in [0.4, 0.5) is 5.82 Å². The second kappa shape index (κ2) is 2.77. The molecule has 4 heteroatoms. The first-order valence-corrected chi connectivity index (χ1v) is 4.51. The van der Waals surface area contributed by atoms with Gasteiger partial charge in [0.1, 0.15) is 0 Å². The van der Waals surface area contributed by atoms with Crippen molar-refractivity contribution in [2.75, 3.05) is 5.73 Å². The number of nitrogens with zero attached hydrogens (tertiary/aromatic N) is 3. The summed E-state index contributed by atoms with van der Waals surface area (Å²) in [5.41, 5.74) is 6.89. The molecule has 4 nitrogen and oxygen atoms in total. The molecule has 1 heterocycles. The molecule has 1 aromatic rings. The molecule has 1 aromatic heterocycles. The van der Waals surface area contributed by atoms with E-state index in [0.717, 1.165) is 12.2 Å². The van der Waals surface area contributed by atoms with Crippen molar-refractivity contribution in [3.63, 3.8) is 0 Å². The smallest absolute Gasteiger partial charge is 0.169 e. The van der Waals surface area contributed by atoms with Crippen LogP contribution in [0.1, 0.15) is 37.8 Å². The lowest BCUT2D eigenvalue weighted by Gasteiger charge is -2.25. The average molecular weight is 166 g/mol. The number of rotatable bonds is 2. The third kappa shape index (κ3) is 0.983. The summed E-state index contributed by atoms with van der Waals surface area (Å²) in [5.74, 6) is 1.25. The molecular weight excluding hydrogens is 152 g/mol. The van der Waals surface area contributed by atoms with Crippen LogP contribution in [0, 0.1) is 0 Å². The zero-order chi connectivity index (χ0) is 8.55. The van der Waals surface area contributed by atoms with Crippen molar-refractivity contribution in [3.8, 4) is 0 Å². The number of nitrogen functional groups attached to an aromatic ring is 1. The zero-order valence-corrected chi connectivity index (χ0v) is 7.32. The number of aryl methyl sites for hydroxylation is 1. The van der Waals surface area contributed by atoms with E-state index in [1.165, 1.54) is 19.3 Å². The van der Waals surface area contributed by atoms with Gasteiger partial charge in [-0.05, 0) is 19.8 Å². The third-order valence-electron chi connectivity index (χ3n) is 2.59. The van der Waals surface area contributed by atoms with Gasteiger partial charge in [-0.2, -0.15) is 0 Å². The van der Waals surface area contributed by atoms with Gasteiger partial charge in [-0.1, -0.05) is 11.6 Å². The zero-order valence-electron chi connectivity index (χ0n) is 7.32. The molecule has 0 amide bonds. The standard InChI is InChI=1S/C8H14N4/c1-2-12-7(6-4-3-5-6)8(9)10-11-12/h6H,2-5,9H2,1H3. The van der Waals surface area contributed by atoms with Crippen molar-refractivity contribution in [2.24, 2.45) is 0 Å². The Kier molecular flexibility index (Phi) is 1.75. The van der Waals surface area contributed by atoms with E-state index in [2.05, 4.69) is 17.2 Å². The molecule has 0 unspecified atom stereocenters. The molecule has 1 saturated carbocycles. The highest BCUT2D eigenvalue weighted by Crippen LogP contribution is 2.38. The van der Waals surface area contributed by atoms with Crippen molar-refractivity contribution < 1.29 is 0 Å². The summed E-state index contributed by atoms with van der Waals surface area (Å²) in [6, 6.07) is 0. The maximum absolute atomic E-state index is 5.73. The van der Waals surface area contributed by atoms with Crippen molar-refractivity contribution >= 4 is 5.82 Å². The predicted octanol–water partition coefficient (Wildman–Crippen LogP) is 1.15. The highest BCUT2D eigenvalue weighted by atomic mass is 15.4. The summed E-state index contributed by atoms with van der Waals surface area (Å²) in [5, 5.41) is 7.86. The topological polar surface area (TPSA) is 56.7 Å². The average Bonchev–Trinajstić information content (AvgIpc) is 2.30. The molecule has 2 N–H and O–H groups in total. The molecule has 0 bridgehead atoms. The van der Waals surface area contributed by atoms with Crippen LogP contribution in [-0.4, -0.2) is 15.0 Å². The lowest BCUT2D eigenvalue weighted by molar-refractivity contribution is 0.391. The summed E-state index contributed by atoms with van der Waals surface area (Å²) < 4.78 is 1.92. The normalized spacial score (nSPS) is 17.8. The monoisotopic (exact) mass is 166 g/mol. The first kappa shape index (κ1) is 7.58. The Hall–Kier alpha value is -1.06. The molecule has 1 aliphatic rings. The predicted molar refractivity (Wildman–Crippen MR) is 46.7 cm³/mol. The molecule has 0 aromatic carbocycles. The van der Waals surface area contributed by atoms with Gasteiger partial charge in [-0.3, -0.25) is 0 Å². The van der Waals surface area contributed by atoms with Crippen molar-refractivity contribution in [2.45, 2.75) is 38.6 Å². The first-order chi connectivity index (χ1) is 5.83. The molecule has 0 spiro atoms. The molecule has 0 radical (unpaired) electrons. The molecule has 66 valence electrons. The fraction of sp³-hybridized carbons (Fsp3) is 0.750. The largest absolute Gasteiger partial charge is 0.381 e. The minimum Gasteiger partial charge on any atom is -0.381 e. The van der Waals surface area contributed by atoms with E-state index in [1.807, 2.05) is 4.68 Å².